The predicted molar refractivity (Wildman–Crippen MR) is 151 cm³/mol. The molecule has 1 fully saturated rings. The van der Waals surface area contributed by atoms with Crippen molar-refractivity contribution in [1.82, 2.24) is 29.5 Å². The van der Waals surface area contributed by atoms with E-state index in [0.29, 0.717) is 32.1 Å². The Morgan fingerprint density at radius 3 is 2.71 bits per heavy atom. The van der Waals surface area contributed by atoms with Crippen molar-refractivity contribution < 1.29 is 9.90 Å². The monoisotopic (exact) mass is 576 g/mol. The van der Waals surface area contributed by atoms with Gasteiger partial charge in [0.25, 0.3) is 0 Å². The van der Waals surface area contributed by atoms with Crippen LogP contribution < -0.4 is 0 Å². The van der Waals surface area contributed by atoms with Gasteiger partial charge < -0.3 is 19.9 Å². The lowest BCUT2D eigenvalue weighted by molar-refractivity contribution is -0.129. The minimum atomic E-state index is -0.517. The molecule has 2 aliphatic heterocycles. The molecule has 3 aromatic heterocycles. The molecule has 6 rings (SSSR count). The van der Waals surface area contributed by atoms with Crippen molar-refractivity contribution in [3.63, 3.8) is 0 Å². The Kier molecular flexibility index (Phi) is 7.07. The van der Waals surface area contributed by atoms with Crippen molar-refractivity contribution in [3.05, 3.63) is 70.2 Å². The first-order valence-corrected chi connectivity index (χ1v) is 14.2. The molecule has 9 heteroatoms. The molecule has 1 atom stereocenters. The van der Waals surface area contributed by atoms with Crippen LogP contribution in [0.4, 0.5) is 0 Å². The smallest absolute Gasteiger partial charge is 0.219 e. The average molecular weight is 578 g/mol. The Bertz CT molecular complexity index is 1440. The zero-order valence-corrected chi connectivity index (χ0v) is 23.2. The number of benzene rings is 1. The molecule has 1 aromatic carbocycles. The van der Waals surface area contributed by atoms with Gasteiger partial charge in [-0.05, 0) is 55.6 Å². The van der Waals surface area contributed by atoms with E-state index in [2.05, 4.69) is 37.0 Å². The molecule has 4 aromatic rings. The summed E-state index contributed by atoms with van der Waals surface area (Å²) in [4.78, 5) is 24.0. The van der Waals surface area contributed by atoms with Crippen LogP contribution >= 0.6 is 15.9 Å². The molecule has 5 heterocycles. The van der Waals surface area contributed by atoms with Gasteiger partial charge in [-0.15, -0.1) is 0 Å². The summed E-state index contributed by atoms with van der Waals surface area (Å²) in [7, 11) is 0. The second kappa shape index (κ2) is 10.6. The highest BCUT2D eigenvalue weighted by atomic mass is 79.9. The molecule has 2 N–H and O–H groups in total. The number of nitrogens with zero attached hydrogens (tertiary/aromatic N) is 5. The average Bonchev–Trinajstić information content (AvgIpc) is 3.51. The van der Waals surface area contributed by atoms with Gasteiger partial charge in [-0.3, -0.25) is 14.5 Å². The number of carbonyl (C=O) groups is 1. The van der Waals surface area contributed by atoms with Gasteiger partial charge in [0.15, 0.2) is 0 Å². The number of piperidine rings is 1. The van der Waals surface area contributed by atoms with Crippen LogP contribution in [-0.2, 0) is 24.3 Å². The maximum atomic E-state index is 12.1. The van der Waals surface area contributed by atoms with Crippen LogP contribution in [0.5, 0.6) is 0 Å². The molecule has 0 bridgehead atoms. The Hall–Kier alpha value is -3.01. The van der Waals surface area contributed by atoms with Crippen LogP contribution in [0, 0.1) is 0 Å². The third kappa shape index (κ3) is 5.02. The van der Waals surface area contributed by atoms with E-state index < -0.39 is 6.10 Å². The number of H-pyrrole nitrogens is 1. The van der Waals surface area contributed by atoms with Crippen molar-refractivity contribution in [3.8, 4) is 11.3 Å². The first kappa shape index (κ1) is 25.3. The normalized spacial score (nSPS) is 17.6. The molecule has 8 nitrogen and oxygen atoms in total. The zero-order valence-electron chi connectivity index (χ0n) is 21.6. The number of fused-ring (bicyclic) bond motifs is 2. The van der Waals surface area contributed by atoms with Gasteiger partial charge in [-0.1, -0.05) is 28.1 Å². The second-order valence-electron chi connectivity index (χ2n) is 10.5. The number of amides is 1. The SMILES string of the molecule is CC(=O)N1CCc2c(c(-c3ccc(Br)cc3)nn2CC(O)CN2CCC(c3c[nH]c4ccncc34)CC2)C1. The topological polar surface area (TPSA) is 90.3 Å². The number of likely N-dealkylation sites (tertiary alicyclic amines) is 1. The van der Waals surface area contributed by atoms with E-state index in [4.69, 9.17) is 5.10 Å². The van der Waals surface area contributed by atoms with Gasteiger partial charge >= 0.3 is 0 Å². The molecule has 0 saturated carbocycles. The fraction of sp³-hybridized carbons (Fsp3) is 0.414. The molecule has 1 unspecified atom stereocenters. The molecule has 0 aliphatic carbocycles. The third-order valence-corrected chi connectivity index (χ3v) is 8.62. The molecule has 198 valence electrons. The maximum absolute atomic E-state index is 12.1. The van der Waals surface area contributed by atoms with Crippen molar-refractivity contribution in [1.29, 1.82) is 0 Å². The summed E-state index contributed by atoms with van der Waals surface area (Å²) in [5, 5.41) is 17.3. The van der Waals surface area contributed by atoms with Crippen molar-refractivity contribution in [2.45, 2.75) is 51.3 Å². The standard InChI is InChI=1S/C29H33BrN6O2/c1-19(37)35-13-9-28-26(18-35)29(21-2-4-22(30)5-3-21)33-36(28)17-23(38)16-34-11-7-20(8-12-34)24-15-32-27-6-10-31-14-25(24)27/h2-6,10,14-15,20,23,32,38H,7-9,11-13,16-18H2,1H3. The van der Waals surface area contributed by atoms with Crippen LogP contribution in [0.3, 0.4) is 0 Å². The van der Waals surface area contributed by atoms with E-state index in [1.165, 1.54) is 10.9 Å². The molecule has 0 radical (unpaired) electrons. The maximum Gasteiger partial charge on any atom is 0.219 e. The number of halogens is 1. The van der Waals surface area contributed by atoms with E-state index in [0.717, 1.165) is 64.9 Å². The fourth-order valence-corrected chi connectivity index (χ4v) is 6.32. The minimum Gasteiger partial charge on any atom is -0.390 e. The number of carbonyl (C=O) groups excluding carboxylic acids is 1. The number of hydrogen-bond donors (Lipinski definition) is 2. The van der Waals surface area contributed by atoms with Crippen LogP contribution in [0.25, 0.3) is 22.2 Å². The highest BCUT2D eigenvalue weighted by molar-refractivity contribution is 9.10. The lowest BCUT2D eigenvalue weighted by Gasteiger charge is -2.33. The number of aromatic nitrogens is 4. The van der Waals surface area contributed by atoms with E-state index in [1.807, 2.05) is 52.3 Å². The number of hydrogen-bond acceptors (Lipinski definition) is 5. The molecule has 38 heavy (non-hydrogen) atoms. The number of β-amino-alcohol motifs (C(OH)–C–C–N with tert-alkyl or cyclic N) is 1. The van der Waals surface area contributed by atoms with Crippen LogP contribution in [-0.4, -0.2) is 72.8 Å². The molecular weight excluding hydrogens is 544 g/mol. The quantitative estimate of drug-likeness (QED) is 0.356. The summed E-state index contributed by atoms with van der Waals surface area (Å²) in [5.74, 6) is 0.592. The molecular formula is C29H33BrN6O2. The third-order valence-electron chi connectivity index (χ3n) is 8.09. The minimum absolute atomic E-state index is 0.0810. The highest BCUT2D eigenvalue weighted by Gasteiger charge is 2.29. The molecule has 1 saturated heterocycles. The van der Waals surface area contributed by atoms with Crippen molar-refractivity contribution in [2.75, 3.05) is 26.2 Å². The largest absolute Gasteiger partial charge is 0.390 e. The number of aromatic amines is 1. The summed E-state index contributed by atoms with van der Waals surface area (Å²) in [6, 6.07) is 10.1. The summed E-state index contributed by atoms with van der Waals surface area (Å²) in [6.45, 7) is 5.87. The van der Waals surface area contributed by atoms with Crippen LogP contribution in [0.1, 0.15) is 42.5 Å². The van der Waals surface area contributed by atoms with Crippen molar-refractivity contribution in [2.24, 2.45) is 0 Å². The number of pyridine rings is 1. The lowest BCUT2D eigenvalue weighted by Crippen LogP contribution is -2.40. The second-order valence-corrected chi connectivity index (χ2v) is 11.5. The van der Waals surface area contributed by atoms with Gasteiger partial charge in [0.1, 0.15) is 0 Å². The lowest BCUT2D eigenvalue weighted by atomic mass is 9.89. The first-order chi connectivity index (χ1) is 18.5. The molecule has 1 amide bonds. The Morgan fingerprint density at radius 1 is 1.16 bits per heavy atom. The fourth-order valence-electron chi connectivity index (χ4n) is 6.05. The Labute approximate surface area is 230 Å². The predicted octanol–water partition coefficient (Wildman–Crippen LogP) is 4.33. The number of nitrogens with one attached hydrogen (secondary N) is 1. The van der Waals surface area contributed by atoms with E-state index in [9.17, 15) is 9.90 Å². The molecule has 2 aliphatic rings. The summed E-state index contributed by atoms with van der Waals surface area (Å²) in [5.41, 5.74) is 6.65. The summed E-state index contributed by atoms with van der Waals surface area (Å²) >= 11 is 3.51. The Balaban J connectivity index is 1.14. The van der Waals surface area contributed by atoms with E-state index >= 15 is 0 Å². The van der Waals surface area contributed by atoms with E-state index in [-0.39, 0.29) is 5.91 Å². The number of aliphatic hydroxyl groups excluding tert-OH is 1. The highest BCUT2D eigenvalue weighted by Crippen LogP contribution is 2.34. The number of rotatable bonds is 6. The number of aliphatic hydroxyl groups is 1. The first-order valence-electron chi connectivity index (χ1n) is 13.4. The van der Waals surface area contributed by atoms with Crippen LogP contribution in [0.15, 0.2) is 53.4 Å². The van der Waals surface area contributed by atoms with Gasteiger partial charge in [0.05, 0.1) is 18.3 Å². The van der Waals surface area contributed by atoms with Crippen molar-refractivity contribution >= 4 is 32.7 Å². The Morgan fingerprint density at radius 2 is 1.95 bits per heavy atom. The molecule has 0 spiro atoms. The zero-order chi connectivity index (χ0) is 26.2. The van der Waals surface area contributed by atoms with E-state index in [1.54, 1.807) is 6.92 Å². The van der Waals surface area contributed by atoms with Gasteiger partial charge in [-0.2, -0.15) is 5.10 Å². The van der Waals surface area contributed by atoms with Gasteiger partial charge in [-0.25, -0.2) is 0 Å². The van der Waals surface area contributed by atoms with Crippen LogP contribution in [0.2, 0.25) is 0 Å². The van der Waals surface area contributed by atoms with Gasteiger partial charge in [0.2, 0.25) is 5.91 Å². The van der Waals surface area contributed by atoms with Gasteiger partial charge in [0, 0.05) is 83.8 Å². The summed E-state index contributed by atoms with van der Waals surface area (Å²) in [6.07, 6.45) is 8.29. The summed E-state index contributed by atoms with van der Waals surface area (Å²) < 4.78 is 3.00.